The van der Waals surface area contributed by atoms with Crippen LogP contribution in [0.5, 0.6) is 0 Å². The third-order valence-corrected chi connectivity index (χ3v) is 4.34. The highest BCUT2D eigenvalue weighted by atomic mass is 35.5. The average Bonchev–Trinajstić information content (AvgIpc) is 2.81. The number of hydrogen-bond acceptors (Lipinski definition) is 1. The molecule has 1 aliphatic rings. The van der Waals surface area contributed by atoms with Crippen molar-refractivity contribution in [2.45, 2.75) is 52.0 Å². The molecule has 1 nitrogen and oxygen atoms in total. The SMILES string of the molecule is CCNC(CC1CCCC1)c1ccc(Cl)cc1C. The van der Waals surface area contributed by atoms with E-state index >= 15 is 0 Å². The van der Waals surface area contributed by atoms with Gasteiger partial charge in [-0.1, -0.05) is 50.3 Å². The maximum absolute atomic E-state index is 6.05. The van der Waals surface area contributed by atoms with Crippen LogP contribution in [0.3, 0.4) is 0 Å². The Morgan fingerprint density at radius 1 is 1.33 bits per heavy atom. The Balaban J connectivity index is 2.12. The lowest BCUT2D eigenvalue weighted by atomic mass is 9.91. The van der Waals surface area contributed by atoms with Crippen LogP contribution < -0.4 is 5.32 Å². The molecule has 2 heteroatoms. The van der Waals surface area contributed by atoms with Crippen molar-refractivity contribution >= 4 is 11.6 Å². The molecule has 0 radical (unpaired) electrons. The van der Waals surface area contributed by atoms with E-state index in [4.69, 9.17) is 11.6 Å². The van der Waals surface area contributed by atoms with E-state index in [1.54, 1.807) is 0 Å². The fourth-order valence-corrected chi connectivity index (χ4v) is 3.40. The van der Waals surface area contributed by atoms with Gasteiger partial charge in [-0.25, -0.2) is 0 Å². The number of hydrogen-bond donors (Lipinski definition) is 1. The van der Waals surface area contributed by atoms with E-state index in [1.165, 1.54) is 43.2 Å². The minimum absolute atomic E-state index is 0.496. The maximum atomic E-state index is 6.05. The molecule has 0 amide bonds. The monoisotopic (exact) mass is 265 g/mol. The van der Waals surface area contributed by atoms with Crippen LogP contribution in [-0.2, 0) is 0 Å². The molecule has 0 aliphatic heterocycles. The van der Waals surface area contributed by atoms with E-state index in [0.717, 1.165) is 17.5 Å². The van der Waals surface area contributed by atoms with E-state index in [2.05, 4.69) is 31.3 Å². The average molecular weight is 266 g/mol. The van der Waals surface area contributed by atoms with Crippen molar-refractivity contribution in [3.8, 4) is 0 Å². The van der Waals surface area contributed by atoms with Gasteiger partial charge in [0.1, 0.15) is 0 Å². The third-order valence-electron chi connectivity index (χ3n) is 4.10. The fraction of sp³-hybridized carbons (Fsp3) is 0.625. The Labute approximate surface area is 116 Å². The predicted octanol–water partition coefficient (Wildman–Crippen LogP) is 4.88. The lowest BCUT2D eigenvalue weighted by Gasteiger charge is -2.23. The van der Waals surface area contributed by atoms with Gasteiger partial charge >= 0.3 is 0 Å². The molecule has 1 saturated carbocycles. The van der Waals surface area contributed by atoms with E-state index < -0.39 is 0 Å². The van der Waals surface area contributed by atoms with Crippen molar-refractivity contribution < 1.29 is 0 Å². The highest BCUT2D eigenvalue weighted by molar-refractivity contribution is 6.30. The third kappa shape index (κ3) is 3.49. The molecule has 1 unspecified atom stereocenters. The maximum Gasteiger partial charge on any atom is 0.0408 e. The van der Waals surface area contributed by atoms with E-state index in [9.17, 15) is 0 Å². The summed E-state index contributed by atoms with van der Waals surface area (Å²) in [5.41, 5.74) is 2.74. The van der Waals surface area contributed by atoms with E-state index in [1.807, 2.05) is 6.07 Å². The Bertz CT molecular complexity index is 383. The molecule has 0 bridgehead atoms. The molecular formula is C16H24ClN. The Hall–Kier alpha value is -0.530. The van der Waals surface area contributed by atoms with Crippen LogP contribution in [0, 0.1) is 12.8 Å². The van der Waals surface area contributed by atoms with Gasteiger partial charge in [-0.2, -0.15) is 0 Å². The normalized spacial score (nSPS) is 18.2. The lowest BCUT2D eigenvalue weighted by Crippen LogP contribution is -2.23. The molecule has 2 rings (SSSR count). The van der Waals surface area contributed by atoms with Crippen molar-refractivity contribution in [1.29, 1.82) is 0 Å². The van der Waals surface area contributed by atoms with Crippen molar-refractivity contribution in [1.82, 2.24) is 5.32 Å². The van der Waals surface area contributed by atoms with Crippen molar-refractivity contribution in [3.63, 3.8) is 0 Å². The minimum Gasteiger partial charge on any atom is -0.310 e. The van der Waals surface area contributed by atoms with Gasteiger partial charge in [0.05, 0.1) is 0 Å². The van der Waals surface area contributed by atoms with Gasteiger partial charge in [-0.05, 0) is 49.1 Å². The van der Waals surface area contributed by atoms with Crippen LogP contribution in [0.2, 0.25) is 5.02 Å². The summed E-state index contributed by atoms with van der Waals surface area (Å²) in [6.45, 7) is 5.38. The van der Waals surface area contributed by atoms with Crippen LogP contribution >= 0.6 is 11.6 Å². The van der Waals surface area contributed by atoms with Crippen molar-refractivity contribution in [2.24, 2.45) is 5.92 Å². The van der Waals surface area contributed by atoms with Gasteiger partial charge in [0.15, 0.2) is 0 Å². The predicted molar refractivity (Wildman–Crippen MR) is 79.2 cm³/mol. The van der Waals surface area contributed by atoms with Gasteiger partial charge in [0.25, 0.3) is 0 Å². The van der Waals surface area contributed by atoms with Gasteiger partial charge in [0.2, 0.25) is 0 Å². The highest BCUT2D eigenvalue weighted by Gasteiger charge is 2.21. The number of nitrogens with one attached hydrogen (secondary N) is 1. The van der Waals surface area contributed by atoms with Gasteiger partial charge < -0.3 is 5.32 Å². The number of aryl methyl sites for hydroxylation is 1. The zero-order chi connectivity index (χ0) is 13.0. The van der Waals surface area contributed by atoms with E-state index in [0.29, 0.717) is 6.04 Å². The first-order valence-corrected chi connectivity index (χ1v) is 7.58. The molecule has 1 aromatic rings. The molecule has 1 N–H and O–H groups in total. The summed E-state index contributed by atoms with van der Waals surface area (Å²) in [6.07, 6.45) is 6.94. The largest absolute Gasteiger partial charge is 0.310 e. The lowest BCUT2D eigenvalue weighted by molar-refractivity contribution is 0.400. The summed E-state index contributed by atoms with van der Waals surface area (Å²) in [5, 5.41) is 4.48. The zero-order valence-corrected chi connectivity index (χ0v) is 12.3. The van der Waals surface area contributed by atoms with Crippen LogP contribution in [0.15, 0.2) is 18.2 Å². The molecule has 100 valence electrons. The highest BCUT2D eigenvalue weighted by Crippen LogP contribution is 2.34. The second-order valence-corrected chi connectivity index (χ2v) is 5.93. The topological polar surface area (TPSA) is 12.0 Å². The Morgan fingerprint density at radius 2 is 2.06 bits per heavy atom. The van der Waals surface area contributed by atoms with E-state index in [-0.39, 0.29) is 0 Å². The summed E-state index contributed by atoms with van der Waals surface area (Å²) >= 11 is 6.05. The summed E-state index contributed by atoms with van der Waals surface area (Å²) in [4.78, 5) is 0. The first-order valence-electron chi connectivity index (χ1n) is 7.20. The van der Waals surface area contributed by atoms with Crippen LogP contribution in [0.1, 0.15) is 56.2 Å². The van der Waals surface area contributed by atoms with Crippen molar-refractivity contribution in [2.75, 3.05) is 6.54 Å². The number of benzene rings is 1. The molecule has 1 aliphatic carbocycles. The van der Waals surface area contributed by atoms with Gasteiger partial charge in [-0.15, -0.1) is 0 Å². The first-order chi connectivity index (χ1) is 8.70. The smallest absolute Gasteiger partial charge is 0.0408 e. The Morgan fingerprint density at radius 3 is 2.67 bits per heavy atom. The molecule has 1 fully saturated rings. The van der Waals surface area contributed by atoms with Gasteiger partial charge in [0, 0.05) is 11.1 Å². The molecule has 18 heavy (non-hydrogen) atoms. The summed E-state index contributed by atoms with van der Waals surface area (Å²) in [5.74, 6) is 0.907. The van der Waals surface area contributed by atoms with Crippen LogP contribution in [0.4, 0.5) is 0 Å². The summed E-state index contributed by atoms with van der Waals surface area (Å²) < 4.78 is 0. The fourth-order valence-electron chi connectivity index (χ4n) is 3.18. The summed E-state index contributed by atoms with van der Waals surface area (Å²) in [7, 11) is 0. The minimum atomic E-state index is 0.496. The molecule has 0 spiro atoms. The molecule has 1 atom stereocenters. The molecule has 0 saturated heterocycles. The second-order valence-electron chi connectivity index (χ2n) is 5.50. The zero-order valence-electron chi connectivity index (χ0n) is 11.5. The van der Waals surface area contributed by atoms with Gasteiger partial charge in [-0.3, -0.25) is 0 Å². The standard InChI is InChI=1S/C16H24ClN/c1-3-18-16(11-13-6-4-5-7-13)15-9-8-14(17)10-12(15)2/h8-10,13,16,18H,3-7,11H2,1-2H3. The number of rotatable bonds is 5. The molecular weight excluding hydrogens is 242 g/mol. The summed E-state index contributed by atoms with van der Waals surface area (Å²) in [6, 6.07) is 6.79. The molecule has 0 aromatic heterocycles. The Kier molecular flexibility index (Phi) is 5.08. The molecule has 0 heterocycles. The molecule has 1 aromatic carbocycles. The second kappa shape index (κ2) is 6.58. The quantitative estimate of drug-likeness (QED) is 0.800. The van der Waals surface area contributed by atoms with Crippen molar-refractivity contribution in [3.05, 3.63) is 34.3 Å². The van der Waals surface area contributed by atoms with Crippen LogP contribution in [-0.4, -0.2) is 6.54 Å². The van der Waals surface area contributed by atoms with Crippen LogP contribution in [0.25, 0.3) is 0 Å². The first kappa shape index (κ1) is 13.9. The number of halogens is 1.